The van der Waals surface area contributed by atoms with E-state index in [2.05, 4.69) is 10.6 Å². The molecule has 6 heteroatoms. The third kappa shape index (κ3) is 3.73. The molecule has 1 heterocycles. The van der Waals surface area contributed by atoms with Crippen LogP contribution in [-0.2, 0) is 14.6 Å². The minimum atomic E-state index is -2.79. The predicted octanol–water partition coefficient (Wildman–Crippen LogP) is -1.49. The Bertz CT molecular complexity index is 263. The minimum absolute atomic E-state index is 0.0680. The maximum atomic E-state index is 11.0. The number of carbonyl (C=O) groups is 1. The van der Waals surface area contributed by atoms with Gasteiger partial charge in [0.15, 0.2) is 9.84 Å². The van der Waals surface area contributed by atoms with Gasteiger partial charge >= 0.3 is 0 Å². The van der Waals surface area contributed by atoms with E-state index in [1.807, 2.05) is 0 Å². The van der Waals surface area contributed by atoms with Crippen LogP contribution in [0.2, 0.25) is 0 Å². The van der Waals surface area contributed by atoms with E-state index >= 15 is 0 Å². The number of sulfone groups is 1. The zero-order valence-corrected chi connectivity index (χ0v) is 8.14. The SMILES string of the molecule is O=CNCCNC1CCS(=O)(=O)C1. The van der Waals surface area contributed by atoms with Gasteiger partial charge in [-0.3, -0.25) is 4.79 Å². The summed E-state index contributed by atoms with van der Waals surface area (Å²) in [5.41, 5.74) is 0. The van der Waals surface area contributed by atoms with Gasteiger partial charge in [0.05, 0.1) is 11.5 Å². The lowest BCUT2D eigenvalue weighted by atomic mass is 10.3. The van der Waals surface area contributed by atoms with E-state index < -0.39 is 9.84 Å². The second-order valence-corrected chi connectivity index (χ2v) is 5.35. The second-order valence-electron chi connectivity index (χ2n) is 3.13. The highest BCUT2D eigenvalue weighted by Crippen LogP contribution is 2.10. The van der Waals surface area contributed by atoms with Crippen LogP contribution in [-0.4, -0.2) is 45.5 Å². The van der Waals surface area contributed by atoms with Gasteiger partial charge in [-0.25, -0.2) is 8.42 Å². The summed E-state index contributed by atoms with van der Waals surface area (Å²) in [6, 6.07) is 0.0680. The molecule has 5 nitrogen and oxygen atoms in total. The van der Waals surface area contributed by atoms with E-state index in [0.29, 0.717) is 25.9 Å². The highest BCUT2D eigenvalue weighted by atomic mass is 32.2. The molecular weight excluding hydrogens is 192 g/mol. The molecule has 1 saturated heterocycles. The smallest absolute Gasteiger partial charge is 0.207 e. The highest BCUT2D eigenvalue weighted by Gasteiger charge is 2.26. The third-order valence-electron chi connectivity index (χ3n) is 2.02. The summed E-state index contributed by atoms with van der Waals surface area (Å²) < 4.78 is 22.0. The van der Waals surface area contributed by atoms with Gasteiger partial charge in [0, 0.05) is 19.1 Å². The Hall–Kier alpha value is -0.620. The largest absolute Gasteiger partial charge is 0.357 e. The molecule has 1 fully saturated rings. The van der Waals surface area contributed by atoms with Gasteiger partial charge in [-0.15, -0.1) is 0 Å². The van der Waals surface area contributed by atoms with Crippen molar-refractivity contribution < 1.29 is 13.2 Å². The molecule has 0 saturated carbocycles. The van der Waals surface area contributed by atoms with Crippen molar-refractivity contribution in [3.8, 4) is 0 Å². The first kappa shape index (κ1) is 10.5. The Morgan fingerprint density at radius 2 is 2.15 bits per heavy atom. The van der Waals surface area contributed by atoms with Crippen LogP contribution in [0.15, 0.2) is 0 Å². The van der Waals surface area contributed by atoms with Crippen molar-refractivity contribution in [2.24, 2.45) is 0 Å². The van der Waals surface area contributed by atoms with Gasteiger partial charge in [-0.1, -0.05) is 0 Å². The molecule has 76 valence electrons. The maximum Gasteiger partial charge on any atom is 0.207 e. The molecule has 0 bridgehead atoms. The second kappa shape index (κ2) is 4.57. The Kier molecular flexibility index (Phi) is 3.68. The van der Waals surface area contributed by atoms with Gasteiger partial charge < -0.3 is 10.6 Å². The van der Waals surface area contributed by atoms with E-state index in [1.54, 1.807) is 0 Å². The van der Waals surface area contributed by atoms with Crippen LogP contribution in [0.1, 0.15) is 6.42 Å². The van der Waals surface area contributed by atoms with Crippen molar-refractivity contribution in [1.82, 2.24) is 10.6 Å². The normalized spacial score (nSPS) is 25.7. The molecule has 0 spiro atoms. The van der Waals surface area contributed by atoms with Gasteiger partial charge in [0.25, 0.3) is 0 Å². The molecular formula is C7H14N2O3S. The molecule has 0 aromatic heterocycles. The van der Waals surface area contributed by atoms with Crippen molar-refractivity contribution in [1.29, 1.82) is 0 Å². The molecule has 1 rings (SSSR count). The fourth-order valence-electron chi connectivity index (χ4n) is 1.36. The van der Waals surface area contributed by atoms with E-state index in [0.717, 1.165) is 0 Å². The van der Waals surface area contributed by atoms with Crippen LogP contribution in [0.4, 0.5) is 0 Å². The van der Waals surface area contributed by atoms with Crippen LogP contribution >= 0.6 is 0 Å². The van der Waals surface area contributed by atoms with Gasteiger partial charge in [0.2, 0.25) is 6.41 Å². The predicted molar refractivity (Wildman–Crippen MR) is 49.1 cm³/mol. The zero-order valence-electron chi connectivity index (χ0n) is 7.32. The summed E-state index contributed by atoms with van der Waals surface area (Å²) >= 11 is 0. The fourth-order valence-corrected chi connectivity index (χ4v) is 3.07. The number of hydrogen-bond donors (Lipinski definition) is 2. The topological polar surface area (TPSA) is 75.3 Å². The Morgan fingerprint density at radius 3 is 2.69 bits per heavy atom. The Morgan fingerprint density at radius 1 is 1.38 bits per heavy atom. The molecule has 0 aromatic rings. The van der Waals surface area contributed by atoms with Gasteiger partial charge in [-0.2, -0.15) is 0 Å². The molecule has 1 aliphatic heterocycles. The lowest BCUT2D eigenvalue weighted by Crippen LogP contribution is -2.35. The first-order chi connectivity index (χ1) is 6.14. The molecule has 1 atom stereocenters. The van der Waals surface area contributed by atoms with Crippen molar-refractivity contribution in [2.45, 2.75) is 12.5 Å². The molecule has 1 amide bonds. The Labute approximate surface area is 77.8 Å². The van der Waals surface area contributed by atoms with E-state index in [9.17, 15) is 13.2 Å². The van der Waals surface area contributed by atoms with Crippen LogP contribution in [0.25, 0.3) is 0 Å². The first-order valence-corrected chi connectivity index (χ1v) is 6.07. The quantitative estimate of drug-likeness (QED) is 0.424. The summed E-state index contributed by atoms with van der Waals surface area (Å²) in [5, 5.41) is 5.57. The first-order valence-electron chi connectivity index (χ1n) is 4.25. The summed E-state index contributed by atoms with van der Waals surface area (Å²) in [7, 11) is -2.79. The maximum absolute atomic E-state index is 11.0. The average Bonchev–Trinajstić information content (AvgIpc) is 2.40. The molecule has 1 aliphatic rings. The zero-order chi connectivity index (χ0) is 9.73. The number of hydrogen-bond acceptors (Lipinski definition) is 4. The van der Waals surface area contributed by atoms with Crippen molar-refractivity contribution in [3.63, 3.8) is 0 Å². The Balaban J connectivity index is 2.14. The van der Waals surface area contributed by atoms with E-state index in [1.165, 1.54) is 0 Å². The number of rotatable bonds is 5. The third-order valence-corrected chi connectivity index (χ3v) is 3.79. The highest BCUT2D eigenvalue weighted by molar-refractivity contribution is 7.91. The standard InChI is InChI=1S/C7H14N2O3S/c10-6-8-2-3-9-7-1-4-13(11,12)5-7/h6-7,9H,1-5H2,(H,8,10). The lowest BCUT2D eigenvalue weighted by molar-refractivity contribution is -0.109. The molecule has 13 heavy (non-hydrogen) atoms. The van der Waals surface area contributed by atoms with Gasteiger partial charge in [0.1, 0.15) is 0 Å². The monoisotopic (exact) mass is 206 g/mol. The van der Waals surface area contributed by atoms with Crippen molar-refractivity contribution in [2.75, 3.05) is 24.6 Å². The number of nitrogens with one attached hydrogen (secondary N) is 2. The number of carbonyl (C=O) groups excluding carboxylic acids is 1. The lowest BCUT2D eigenvalue weighted by Gasteiger charge is -2.09. The van der Waals surface area contributed by atoms with E-state index in [-0.39, 0.29) is 17.5 Å². The van der Waals surface area contributed by atoms with Crippen molar-refractivity contribution >= 4 is 16.2 Å². The van der Waals surface area contributed by atoms with Crippen LogP contribution in [0.5, 0.6) is 0 Å². The number of amides is 1. The fraction of sp³-hybridized carbons (Fsp3) is 0.857. The summed E-state index contributed by atoms with van der Waals surface area (Å²) in [4.78, 5) is 9.87. The summed E-state index contributed by atoms with van der Waals surface area (Å²) in [5.74, 6) is 0.514. The molecule has 1 unspecified atom stereocenters. The summed E-state index contributed by atoms with van der Waals surface area (Å²) in [6.45, 7) is 1.17. The van der Waals surface area contributed by atoms with Crippen LogP contribution < -0.4 is 10.6 Å². The molecule has 0 aliphatic carbocycles. The minimum Gasteiger partial charge on any atom is -0.357 e. The van der Waals surface area contributed by atoms with Crippen LogP contribution in [0, 0.1) is 0 Å². The van der Waals surface area contributed by atoms with Gasteiger partial charge in [-0.05, 0) is 6.42 Å². The average molecular weight is 206 g/mol. The molecule has 0 aromatic carbocycles. The van der Waals surface area contributed by atoms with E-state index in [4.69, 9.17) is 0 Å². The molecule has 2 N–H and O–H groups in total. The molecule has 0 radical (unpaired) electrons. The van der Waals surface area contributed by atoms with Crippen LogP contribution in [0.3, 0.4) is 0 Å². The summed E-state index contributed by atoms with van der Waals surface area (Å²) in [6.07, 6.45) is 1.32. The van der Waals surface area contributed by atoms with Crippen molar-refractivity contribution in [3.05, 3.63) is 0 Å².